The molecule has 18 heavy (non-hydrogen) atoms. The largest absolute Gasteiger partial charge is 0.416 e. The van der Waals surface area contributed by atoms with E-state index < -0.39 is 17.2 Å². The van der Waals surface area contributed by atoms with Crippen LogP contribution in [0.1, 0.15) is 30.4 Å². The first-order chi connectivity index (χ1) is 8.40. The molecule has 1 fully saturated rings. The van der Waals surface area contributed by atoms with E-state index in [1.54, 1.807) is 0 Å². The fourth-order valence-corrected chi connectivity index (χ4v) is 2.90. The molecule has 0 spiro atoms. The van der Waals surface area contributed by atoms with Gasteiger partial charge in [0, 0.05) is 0 Å². The van der Waals surface area contributed by atoms with Gasteiger partial charge in [0.25, 0.3) is 0 Å². The molecule has 1 saturated carbocycles. The van der Waals surface area contributed by atoms with Crippen LogP contribution in [0.25, 0.3) is 0 Å². The second kappa shape index (κ2) is 4.68. The molecule has 1 aromatic carbocycles. The van der Waals surface area contributed by atoms with Gasteiger partial charge in [-0.3, -0.25) is 4.79 Å². The molecular formula is C13H12BrF3O. The monoisotopic (exact) mass is 320 g/mol. The SMILES string of the molecule is O=C(CBr)C1(c2ccc(C(F)(F)F)cc2)CCC1. The van der Waals surface area contributed by atoms with E-state index in [-0.39, 0.29) is 11.1 Å². The minimum Gasteiger partial charge on any atom is -0.298 e. The number of hydrogen-bond donors (Lipinski definition) is 0. The fourth-order valence-electron chi connectivity index (χ4n) is 2.36. The summed E-state index contributed by atoms with van der Waals surface area (Å²) in [5.74, 6) is 0.0495. The van der Waals surface area contributed by atoms with E-state index in [1.165, 1.54) is 12.1 Å². The van der Waals surface area contributed by atoms with Crippen LogP contribution in [-0.2, 0) is 16.4 Å². The van der Waals surface area contributed by atoms with Gasteiger partial charge in [-0.15, -0.1) is 0 Å². The second-order valence-electron chi connectivity index (χ2n) is 4.57. The Labute approximate surface area is 112 Å². The molecule has 0 radical (unpaired) electrons. The zero-order valence-electron chi connectivity index (χ0n) is 9.56. The smallest absolute Gasteiger partial charge is 0.298 e. The van der Waals surface area contributed by atoms with E-state index in [2.05, 4.69) is 15.9 Å². The Morgan fingerprint density at radius 3 is 2.11 bits per heavy atom. The molecule has 0 unspecified atom stereocenters. The topological polar surface area (TPSA) is 17.1 Å². The third-order valence-electron chi connectivity index (χ3n) is 3.63. The summed E-state index contributed by atoms with van der Waals surface area (Å²) in [6.07, 6.45) is -1.93. The van der Waals surface area contributed by atoms with Gasteiger partial charge in [0.15, 0.2) is 5.78 Å². The van der Waals surface area contributed by atoms with Gasteiger partial charge in [0.2, 0.25) is 0 Å². The highest BCUT2D eigenvalue weighted by atomic mass is 79.9. The standard InChI is InChI=1S/C13H12BrF3O/c14-8-11(18)12(6-1-7-12)9-2-4-10(5-3-9)13(15,16)17/h2-5H,1,6-8H2. The van der Waals surface area contributed by atoms with Crippen LogP contribution >= 0.6 is 15.9 Å². The molecule has 5 heteroatoms. The Kier molecular flexibility index (Phi) is 3.54. The lowest BCUT2D eigenvalue weighted by Gasteiger charge is -2.40. The second-order valence-corrected chi connectivity index (χ2v) is 5.13. The molecule has 0 saturated heterocycles. The van der Waals surface area contributed by atoms with Crippen molar-refractivity contribution in [2.45, 2.75) is 30.9 Å². The highest BCUT2D eigenvalue weighted by molar-refractivity contribution is 9.09. The van der Waals surface area contributed by atoms with Crippen molar-refractivity contribution in [1.29, 1.82) is 0 Å². The summed E-state index contributed by atoms with van der Waals surface area (Å²) in [5.41, 5.74) is -0.536. The number of carbonyl (C=O) groups excluding carboxylic acids is 1. The van der Waals surface area contributed by atoms with Crippen LogP contribution in [0.4, 0.5) is 13.2 Å². The Balaban J connectivity index is 2.31. The third kappa shape index (κ3) is 2.20. The average Bonchev–Trinajstić information content (AvgIpc) is 2.27. The molecule has 1 nitrogen and oxygen atoms in total. The van der Waals surface area contributed by atoms with E-state index in [0.717, 1.165) is 31.4 Å². The summed E-state index contributed by atoms with van der Waals surface area (Å²) in [6.45, 7) is 0. The molecule has 0 amide bonds. The first-order valence-electron chi connectivity index (χ1n) is 5.67. The fraction of sp³-hybridized carbons (Fsp3) is 0.462. The van der Waals surface area contributed by atoms with Crippen LogP contribution in [0.2, 0.25) is 0 Å². The van der Waals surface area contributed by atoms with Crippen molar-refractivity contribution in [3.8, 4) is 0 Å². The maximum atomic E-state index is 12.5. The van der Waals surface area contributed by atoms with Crippen LogP contribution in [0.3, 0.4) is 0 Å². The number of halogens is 4. The molecule has 0 N–H and O–H groups in total. The summed E-state index contributed by atoms with van der Waals surface area (Å²) in [7, 11) is 0. The van der Waals surface area contributed by atoms with Crippen molar-refractivity contribution in [3.63, 3.8) is 0 Å². The van der Waals surface area contributed by atoms with Crippen molar-refractivity contribution in [1.82, 2.24) is 0 Å². The van der Waals surface area contributed by atoms with Gasteiger partial charge in [0.05, 0.1) is 16.3 Å². The number of ketones is 1. The minimum atomic E-state index is -4.33. The molecular weight excluding hydrogens is 309 g/mol. The van der Waals surface area contributed by atoms with Crippen molar-refractivity contribution in [2.24, 2.45) is 0 Å². The van der Waals surface area contributed by atoms with Gasteiger partial charge in [-0.05, 0) is 30.5 Å². The maximum Gasteiger partial charge on any atom is 0.416 e. The van der Waals surface area contributed by atoms with Gasteiger partial charge in [-0.2, -0.15) is 13.2 Å². The van der Waals surface area contributed by atoms with Crippen molar-refractivity contribution < 1.29 is 18.0 Å². The average molecular weight is 321 g/mol. The highest BCUT2D eigenvalue weighted by Crippen LogP contribution is 2.45. The van der Waals surface area contributed by atoms with Gasteiger partial charge < -0.3 is 0 Å². The molecule has 0 aromatic heterocycles. The molecule has 98 valence electrons. The van der Waals surface area contributed by atoms with Gasteiger partial charge in [0.1, 0.15) is 0 Å². The number of alkyl halides is 4. The number of Topliss-reactive ketones (excluding diaryl/α,β-unsaturated/α-hetero) is 1. The van der Waals surface area contributed by atoms with Crippen molar-refractivity contribution in [3.05, 3.63) is 35.4 Å². The summed E-state index contributed by atoms with van der Waals surface area (Å²) in [4.78, 5) is 11.9. The van der Waals surface area contributed by atoms with Crippen LogP contribution in [0, 0.1) is 0 Å². The molecule has 0 aliphatic heterocycles. The first-order valence-corrected chi connectivity index (χ1v) is 6.79. The highest BCUT2D eigenvalue weighted by Gasteiger charge is 2.44. The maximum absolute atomic E-state index is 12.5. The molecule has 1 aliphatic carbocycles. The number of rotatable bonds is 3. The zero-order valence-corrected chi connectivity index (χ0v) is 11.1. The zero-order chi connectivity index (χ0) is 13.4. The summed E-state index contributed by atoms with van der Waals surface area (Å²) in [6, 6.07) is 4.97. The molecule has 1 aromatic rings. The van der Waals surface area contributed by atoms with Crippen molar-refractivity contribution in [2.75, 3.05) is 5.33 Å². The van der Waals surface area contributed by atoms with E-state index in [0.29, 0.717) is 5.56 Å². The lowest BCUT2D eigenvalue weighted by molar-refractivity contribution is -0.137. The lowest BCUT2D eigenvalue weighted by atomic mass is 9.62. The van der Waals surface area contributed by atoms with Gasteiger partial charge >= 0.3 is 6.18 Å². The Hall–Kier alpha value is -0.840. The Morgan fingerprint density at radius 1 is 1.22 bits per heavy atom. The quantitative estimate of drug-likeness (QED) is 0.767. The number of carbonyl (C=O) groups is 1. The Bertz CT molecular complexity index is 446. The normalized spacial score (nSPS) is 18.2. The summed E-state index contributed by atoms with van der Waals surface area (Å²) >= 11 is 3.14. The summed E-state index contributed by atoms with van der Waals surface area (Å²) in [5, 5.41) is 0.244. The Morgan fingerprint density at radius 2 is 1.78 bits per heavy atom. The van der Waals surface area contributed by atoms with Crippen LogP contribution in [0.15, 0.2) is 24.3 Å². The van der Waals surface area contributed by atoms with Crippen LogP contribution in [-0.4, -0.2) is 11.1 Å². The molecule has 0 bridgehead atoms. The van der Waals surface area contributed by atoms with E-state index >= 15 is 0 Å². The predicted octanol–water partition coefficient (Wildman–Crippen LogP) is 4.09. The first kappa shape index (κ1) is 13.6. The van der Waals surface area contributed by atoms with E-state index in [1.807, 2.05) is 0 Å². The van der Waals surface area contributed by atoms with Gasteiger partial charge in [-0.25, -0.2) is 0 Å². The van der Waals surface area contributed by atoms with Crippen LogP contribution < -0.4 is 0 Å². The van der Waals surface area contributed by atoms with Crippen LogP contribution in [0.5, 0.6) is 0 Å². The van der Waals surface area contributed by atoms with E-state index in [4.69, 9.17) is 0 Å². The lowest BCUT2D eigenvalue weighted by Crippen LogP contribution is -2.43. The molecule has 0 atom stereocenters. The molecule has 0 heterocycles. The van der Waals surface area contributed by atoms with Crippen molar-refractivity contribution >= 4 is 21.7 Å². The number of benzene rings is 1. The molecule has 1 aliphatic rings. The van der Waals surface area contributed by atoms with E-state index in [9.17, 15) is 18.0 Å². The third-order valence-corrected chi connectivity index (χ3v) is 4.14. The minimum absolute atomic E-state index is 0.0495. The number of hydrogen-bond acceptors (Lipinski definition) is 1. The molecule has 2 rings (SSSR count). The summed E-state index contributed by atoms with van der Waals surface area (Å²) < 4.78 is 37.4. The predicted molar refractivity (Wildman–Crippen MR) is 65.8 cm³/mol. The van der Waals surface area contributed by atoms with Gasteiger partial charge in [-0.1, -0.05) is 34.5 Å².